The number of benzene rings is 1. The molecule has 0 bridgehead atoms. The number of pyridine rings is 1. The first-order valence-electron chi connectivity index (χ1n) is 11.1. The Morgan fingerprint density at radius 1 is 1.42 bits per heavy atom. The summed E-state index contributed by atoms with van der Waals surface area (Å²) in [6.07, 6.45) is 2.88. The number of amides is 1. The molecule has 5 rings (SSSR count). The summed E-state index contributed by atoms with van der Waals surface area (Å²) in [4.78, 5) is 34.0. The average molecular weight is 450 g/mol. The number of carboxylic acid groups (broad SMARTS) is 1. The van der Waals surface area contributed by atoms with E-state index in [2.05, 4.69) is 15.3 Å². The first kappa shape index (κ1) is 21.3. The highest BCUT2D eigenvalue weighted by atomic mass is 16.6. The molecule has 2 aliphatic rings. The number of ether oxygens (including phenoxy) is 1. The van der Waals surface area contributed by atoms with E-state index in [9.17, 15) is 14.7 Å². The highest BCUT2D eigenvalue weighted by molar-refractivity contribution is 6.08. The predicted molar refractivity (Wildman–Crippen MR) is 124 cm³/mol. The SMILES string of the molecule is CNc1cc(-c2c(C(=O)O)[nH]c3c([C@H](C)N4CC5(CC(CN)C5)OC4=O)cccc23)ccn1. The summed E-state index contributed by atoms with van der Waals surface area (Å²) in [7, 11) is 1.76. The molecule has 0 unspecified atom stereocenters. The molecule has 2 aromatic heterocycles. The zero-order valence-corrected chi connectivity index (χ0v) is 18.6. The maximum absolute atomic E-state index is 12.8. The van der Waals surface area contributed by atoms with Gasteiger partial charge in [-0.05, 0) is 55.5 Å². The quantitative estimate of drug-likeness (QED) is 0.452. The lowest BCUT2D eigenvalue weighted by Crippen LogP contribution is -2.49. The molecule has 172 valence electrons. The number of H-pyrrole nitrogens is 1. The van der Waals surface area contributed by atoms with E-state index >= 15 is 0 Å². The van der Waals surface area contributed by atoms with Crippen LogP contribution in [0.3, 0.4) is 0 Å². The minimum Gasteiger partial charge on any atom is -0.477 e. The van der Waals surface area contributed by atoms with Crippen molar-refractivity contribution in [3.8, 4) is 11.1 Å². The van der Waals surface area contributed by atoms with E-state index in [1.165, 1.54) is 0 Å². The molecule has 33 heavy (non-hydrogen) atoms. The molecule has 1 aliphatic carbocycles. The summed E-state index contributed by atoms with van der Waals surface area (Å²) in [6.45, 7) is 3.05. The molecule has 1 aromatic carbocycles. The van der Waals surface area contributed by atoms with E-state index in [0.29, 0.717) is 35.9 Å². The Hall–Kier alpha value is -3.59. The van der Waals surface area contributed by atoms with Gasteiger partial charge in [0.15, 0.2) is 0 Å². The van der Waals surface area contributed by atoms with Gasteiger partial charge in [-0.25, -0.2) is 14.6 Å². The monoisotopic (exact) mass is 449 g/mol. The van der Waals surface area contributed by atoms with Crippen LogP contribution in [0.1, 0.15) is 41.9 Å². The van der Waals surface area contributed by atoms with Gasteiger partial charge in [-0.15, -0.1) is 0 Å². The van der Waals surface area contributed by atoms with Crippen LogP contribution < -0.4 is 11.1 Å². The van der Waals surface area contributed by atoms with Crippen LogP contribution in [0.15, 0.2) is 36.5 Å². The lowest BCUT2D eigenvalue weighted by molar-refractivity contribution is -0.0439. The summed E-state index contributed by atoms with van der Waals surface area (Å²) in [5, 5.41) is 13.7. The lowest BCUT2D eigenvalue weighted by atomic mass is 9.71. The van der Waals surface area contributed by atoms with Crippen LogP contribution in [-0.2, 0) is 4.74 Å². The molecule has 1 atom stereocenters. The standard InChI is InChI=1S/C24H27N5O4/c1-13(29-12-24(33-23(29)32)9-14(10-24)11-25)16-4-3-5-17-19(21(22(30)31)28-20(16)17)15-6-7-27-18(8-15)26-2/h3-8,13-14,28H,9-12,25H2,1-2H3,(H,26,27)(H,30,31)/t13-,14?,24?/m0/s1. The predicted octanol–water partition coefficient (Wildman–Crippen LogP) is 3.59. The molecular weight excluding hydrogens is 422 g/mol. The molecule has 2 fully saturated rings. The van der Waals surface area contributed by atoms with Crippen molar-refractivity contribution in [2.75, 3.05) is 25.5 Å². The van der Waals surface area contributed by atoms with Crippen LogP contribution in [0.4, 0.5) is 10.6 Å². The summed E-state index contributed by atoms with van der Waals surface area (Å²) < 4.78 is 5.76. The molecule has 5 N–H and O–H groups in total. The largest absolute Gasteiger partial charge is 0.477 e. The smallest absolute Gasteiger partial charge is 0.411 e. The summed E-state index contributed by atoms with van der Waals surface area (Å²) >= 11 is 0. The van der Waals surface area contributed by atoms with E-state index < -0.39 is 11.6 Å². The van der Waals surface area contributed by atoms with Crippen molar-refractivity contribution in [3.63, 3.8) is 0 Å². The summed E-state index contributed by atoms with van der Waals surface area (Å²) in [5.74, 6) is -0.0167. The molecule has 3 aromatic rings. The Balaban J connectivity index is 1.56. The molecule has 0 radical (unpaired) electrons. The topological polar surface area (TPSA) is 134 Å². The van der Waals surface area contributed by atoms with Crippen molar-refractivity contribution >= 4 is 28.8 Å². The first-order chi connectivity index (χ1) is 15.9. The highest BCUT2D eigenvalue weighted by Crippen LogP contribution is 2.47. The maximum Gasteiger partial charge on any atom is 0.411 e. The fourth-order valence-electron chi connectivity index (χ4n) is 5.26. The number of hydrogen-bond acceptors (Lipinski definition) is 6. The Kier molecular flexibility index (Phi) is 5.01. The third kappa shape index (κ3) is 3.39. The fraction of sp³-hybridized carbons (Fsp3) is 0.375. The molecular formula is C24H27N5O4. The minimum absolute atomic E-state index is 0.100. The van der Waals surface area contributed by atoms with Crippen molar-refractivity contribution in [2.45, 2.75) is 31.4 Å². The number of aromatic carboxylic acids is 1. The van der Waals surface area contributed by atoms with Gasteiger partial charge in [0.05, 0.1) is 18.1 Å². The van der Waals surface area contributed by atoms with E-state index in [1.54, 1.807) is 24.2 Å². The van der Waals surface area contributed by atoms with Crippen molar-refractivity contribution in [3.05, 3.63) is 47.8 Å². The van der Waals surface area contributed by atoms with E-state index in [0.717, 1.165) is 29.4 Å². The number of fused-ring (bicyclic) bond motifs is 1. The van der Waals surface area contributed by atoms with Gasteiger partial charge >= 0.3 is 12.1 Å². The second kappa shape index (κ2) is 7.77. The zero-order chi connectivity index (χ0) is 23.3. The van der Waals surface area contributed by atoms with Gasteiger partial charge in [0, 0.05) is 24.2 Å². The first-order valence-corrected chi connectivity index (χ1v) is 11.1. The molecule has 1 aliphatic heterocycles. The van der Waals surface area contributed by atoms with Crippen LogP contribution in [0.25, 0.3) is 22.0 Å². The number of aromatic nitrogens is 2. The Morgan fingerprint density at radius 3 is 2.91 bits per heavy atom. The number of hydrogen-bond donors (Lipinski definition) is 4. The molecule has 1 spiro atoms. The molecule has 1 saturated carbocycles. The number of nitrogens with two attached hydrogens (primary N) is 1. The number of nitrogens with zero attached hydrogens (tertiary/aromatic N) is 2. The van der Waals surface area contributed by atoms with Crippen molar-refractivity contribution in [2.24, 2.45) is 11.7 Å². The van der Waals surface area contributed by atoms with Gasteiger partial charge in [-0.2, -0.15) is 0 Å². The Labute approximate surface area is 190 Å². The van der Waals surface area contributed by atoms with Crippen LogP contribution in [0.5, 0.6) is 0 Å². The van der Waals surface area contributed by atoms with Crippen molar-refractivity contribution in [1.82, 2.24) is 14.9 Å². The van der Waals surface area contributed by atoms with Gasteiger partial charge in [0.25, 0.3) is 0 Å². The average Bonchev–Trinajstić information content (AvgIpc) is 3.36. The van der Waals surface area contributed by atoms with Gasteiger partial charge in [-0.1, -0.05) is 18.2 Å². The lowest BCUT2D eigenvalue weighted by Gasteiger charge is -2.42. The van der Waals surface area contributed by atoms with Gasteiger partial charge in [-0.3, -0.25) is 4.90 Å². The number of carboxylic acids is 1. The van der Waals surface area contributed by atoms with Crippen LogP contribution in [0.2, 0.25) is 0 Å². The number of anilines is 1. The number of rotatable bonds is 6. The van der Waals surface area contributed by atoms with E-state index in [-0.39, 0.29) is 17.8 Å². The van der Waals surface area contributed by atoms with E-state index in [1.807, 2.05) is 31.2 Å². The minimum atomic E-state index is -1.05. The van der Waals surface area contributed by atoms with Gasteiger partial charge in [0.1, 0.15) is 17.1 Å². The second-order valence-electron chi connectivity index (χ2n) is 8.99. The van der Waals surface area contributed by atoms with E-state index in [4.69, 9.17) is 10.5 Å². The molecule has 1 amide bonds. The number of carbonyl (C=O) groups excluding carboxylic acids is 1. The van der Waals surface area contributed by atoms with Gasteiger partial charge < -0.3 is 25.9 Å². The summed E-state index contributed by atoms with van der Waals surface area (Å²) in [6, 6.07) is 9.02. The third-order valence-corrected chi connectivity index (χ3v) is 6.95. The number of carbonyl (C=O) groups is 2. The summed E-state index contributed by atoms with van der Waals surface area (Å²) in [5.41, 5.74) is 8.28. The molecule has 3 heterocycles. The van der Waals surface area contributed by atoms with Crippen LogP contribution >= 0.6 is 0 Å². The third-order valence-electron chi connectivity index (χ3n) is 6.95. The zero-order valence-electron chi connectivity index (χ0n) is 18.6. The second-order valence-corrected chi connectivity index (χ2v) is 8.99. The molecule has 9 nitrogen and oxygen atoms in total. The van der Waals surface area contributed by atoms with Crippen LogP contribution in [-0.4, -0.2) is 57.8 Å². The van der Waals surface area contributed by atoms with Crippen molar-refractivity contribution < 1.29 is 19.4 Å². The highest BCUT2D eigenvalue weighted by Gasteiger charge is 2.54. The number of para-hydroxylation sites is 1. The Bertz CT molecular complexity index is 1250. The Morgan fingerprint density at radius 2 is 2.21 bits per heavy atom. The molecule has 9 heteroatoms. The van der Waals surface area contributed by atoms with Crippen molar-refractivity contribution in [1.29, 1.82) is 0 Å². The maximum atomic E-state index is 12.8. The fourth-order valence-corrected chi connectivity index (χ4v) is 5.26. The van der Waals surface area contributed by atoms with Gasteiger partial charge in [0.2, 0.25) is 0 Å². The normalized spacial score (nSPS) is 22.9. The molecule has 1 saturated heterocycles. The number of aromatic amines is 1. The van der Waals surface area contributed by atoms with Crippen LogP contribution in [0, 0.1) is 5.92 Å². The number of nitrogens with one attached hydrogen (secondary N) is 2.